The Hall–Kier alpha value is -3.88. The fourth-order valence-corrected chi connectivity index (χ4v) is 3.55. The molecular weight excluding hydrogens is 434 g/mol. The van der Waals surface area contributed by atoms with Crippen LogP contribution in [0.2, 0.25) is 0 Å². The summed E-state index contributed by atoms with van der Waals surface area (Å²) in [6.07, 6.45) is -1.64. The Morgan fingerprint density at radius 2 is 1.68 bits per heavy atom. The summed E-state index contributed by atoms with van der Waals surface area (Å²) in [5.41, 5.74) is 2.57. The van der Waals surface area contributed by atoms with Crippen molar-refractivity contribution in [2.75, 3.05) is 19.0 Å². The molecular formula is C26H29N3O5. The maximum atomic E-state index is 12.9. The highest BCUT2D eigenvalue weighted by atomic mass is 16.5. The van der Waals surface area contributed by atoms with Gasteiger partial charge in [0, 0.05) is 24.3 Å². The molecule has 0 saturated heterocycles. The SMILES string of the molecule is COc1cccc(CNC[C@@H](O)[C@H](Cc2ccccc2)NC(=O)c2cccc(NC(=O)O)c2)c1. The van der Waals surface area contributed by atoms with Gasteiger partial charge in [0.15, 0.2) is 0 Å². The third kappa shape index (κ3) is 7.61. The van der Waals surface area contributed by atoms with E-state index in [-0.39, 0.29) is 6.54 Å². The van der Waals surface area contributed by atoms with Gasteiger partial charge >= 0.3 is 6.09 Å². The van der Waals surface area contributed by atoms with Crippen LogP contribution in [0.25, 0.3) is 0 Å². The van der Waals surface area contributed by atoms with Crippen molar-refractivity contribution in [3.05, 3.63) is 95.6 Å². The molecule has 0 saturated carbocycles. The van der Waals surface area contributed by atoms with Gasteiger partial charge in [-0.25, -0.2) is 4.79 Å². The first-order valence-electron chi connectivity index (χ1n) is 10.9. The molecule has 34 heavy (non-hydrogen) atoms. The quantitative estimate of drug-likeness (QED) is 0.298. The molecule has 0 unspecified atom stereocenters. The minimum atomic E-state index is -1.21. The lowest BCUT2D eigenvalue weighted by molar-refractivity contribution is 0.0830. The van der Waals surface area contributed by atoms with Gasteiger partial charge in [0.25, 0.3) is 5.91 Å². The van der Waals surface area contributed by atoms with Gasteiger partial charge in [-0.05, 0) is 47.9 Å². The summed E-state index contributed by atoms with van der Waals surface area (Å²) in [7, 11) is 1.61. The Morgan fingerprint density at radius 3 is 2.41 bits per heavy atom. The zero-order valence-electron chi connectivity index (χ0n) is 18.9. The molecule has 2 amide bonds. The number of anilines is 1. The van der Waals surface area contributed by atoms with Crippen LogP contribution in [0, 0.1) is 0 Å². The summed E-state index contributed by atoms with van der Waals surface area (Å²) in [6.45, 7) is 0.790. The van der Waals surface area contributed by atoms with Crippen molar-refractivity contribution in [3.63, 3.8) is 0 Å². The number of amides is 2. The summed E-state index contributed by atoms with van der Waals surface area (Å²) < 4.78 is 5.24. The molecule has 0 spiro atoms. The van der Waals surface area contributed by atoms with Crippen molar-refractivity contribution in [2.45, 2.75) is 25.1 Å². The van der Waals surface area contributed by atoms with E-state index in [1.807, 2.05) is 54.6 Å². The number of benzene rings is 3. The van der Waals surface area contributed by atoms with Gasteiger partial charge in [-0.3, -0.25) is 10.1 Å². The largest absolute Gasteiger partial charge is 0.497 e. The Labute approximate surface area is 198 Å². The van der Waals surface area contributed by atoms with Gasteiger partial charge in [0.1, 0.15) is 5.75 Å². The van der Waals surface area contributed by atoms with E-state index >= 15 is 0 Å². The van der Waals surface area contributed by atoms with Crippen molar-refractivity contribution in [1.29, 1.82) is 0 Å². The average Bonchev–Trinajstić information content (AvgIpc) is 2.84. The molecule has 0 fully saturated rings. The number of aliphatic hydroxyl groups excluding tert-OH is 1. The smallest absolute Gasteiger partial charge is 0.409 e. The molecule has 3 aromatic rings. The summed E-state index contributed by atoms with van der Waals surface area (Å²) in [6, 6.07) is 22.9. The molecule has 0 aromatic heterocycles. The number of hydrogen-bond acceptors (Lipinski definition) is 5. The van der Waals surface area contributed by atoms with E-state index in [0.29, 0.717) is 24.2 Å². The van der Waals surface area contributed by atoms with E-state index in [9.17, 15) is 14.7 Å². The van der Waals surface area contributed by atoms with Gasteiger partial charge in [-0.15, -0.1) is 0 Å². The molecule has 0 bridgehead atoms. The number of ether oxygens (including phenoxy) is 1. The second-order valence-electron chi connectivity index (χ2n) is 7.83. The number of carboxylic acid groups (broad SMARTS) is 1. The zero-order valence-corrected chi connectivity index (χ0v) is 18.9. The monoisotopic (exact) mass is 463 g/mol. The van der Waals surface area contributed by atoms with Crippen LogP contribution in [0.4, 0.5) is 10.5 Å². The third-order valence-corrected chi connectivity index (χ3v) is 5.27. The van der Waals surface area contributed by atoms with Crippen LogP contribution in [0.1, 0.15) is 21.5 Å². The van der Waals surface area contributed by atoms with E-state index < -0.39 is 24.1 Å². The Bertz CT molecular complexity index is 1090. The van der Waals surface area contributed by atoms with Gasteiger partial charge in [-0.1, -0.05) is 48.5 Å². The first-order chi connectivity index (χ1) is 16.4. The molecule has 5 N–H and O–H groups in total. The zero-order chi connectivity index (χ0) is 24.3. The summed E-state index contributed by atoms with van der Waals surface area (Å²) in [4.78, 5) is 23.8. The molecule has 0 radical (unpaired) electrons. The maximum absolute atomic E-state index is 12.9. The molecule has 3 rings (SSSR count). The standard InChI is InChI=1S/C26H29N3O5/c1-34-22-12-5-9-19(13-22)16-27-17-24(30)23(14-18-7-3-2-4-8-18)29-25(31)20-10-6-11-21(15-20)28-26(32)33/h2-13,15,23-24,27-28,30H,14,16-17H2,1H3,(H,29,31)(H,32,33)/t23-,24+/m0/s1. The predicted molar refractivity (Wildman–Crippen MR) is 130 cm³/mol. The van der Waals surface area contributed by atoms with Crippen LogP contribution in [0.3, 0.4) is 0 Å². The Kier molecular flexibility index (Phi) is 9.02. The molecule has 0 aliphatic heterocycles. The normalized spacial score (nSPS) is 12.4. The average molecular weight is 464 g/mol. The number of methoxy groups -OCH3 is 1. The summed E-state index contributed by atoms with van der Waals surface area (Å²) >= 11 is 0. The molecule has 3 aromatic carbocycles. The Balaban J connectivity index is 1.67. The van der Waals surface area contributed by atoms with E-state index in [1.54, 1.807) is 25.3 Å². The van der Waals surface area contributed by atoms with Crippen molar-refractivity contribution < 1.29 is 24.5 Å². The second-order valence-corrected chi connectivity index (χ2v) is 7.83. The van der Waals surface area contributed by atoms with Crippen molar-refractivity contribution in [1.82, 2.24) is 10.6 Å². The van der Waals surface area contributed by atoms with Crippen LogP contribution < -0.4 is 20.7 Å². The van der Waals surface area contributed by atoms with Gasteiger partial charge in [0.05, 0.1) is 19.3 Å². The first-order valence-corrected chi connectivity index (χ1v) is 10.9. The van der Waals surface area contributed by atoms with Crippen LogP contribution in [0.5, 0.6) is 5.75 Å². The van der Waals surface area contributed by atoms with Crippen LogP contribution in [-0.2, 0) is 13.0 Å². The number of carbonyl (C=O) groups is 2. The summed E-state index contributed by atoms with van der Waals surface area (Å²) in [5.74, 6) is 0.357. The predicted octanol–water partition coefficient (Wildman–Crippen LogP) is 3.28. The molecule has 0 aliphatic carbocycles. The Morgan fingerprint density at radius 1 is 0.941 bits per heavy atom. The van der Waals surface area contributed by atoms with E-state index in [4.69, 9.17) is 9.84 Å². The number of nitrogens with one attached hydrogen (secondary N) is 3. The molecule has 8 nitrogen and oxygen atoms in total. The van der Waals surface area contributed by atoms with Crippen LogP contribution in [0.15, 0.2) is 78.9 Å². The highest BCUT2D eigenvalue weighted by Gasteiger charge is 2.22. The van der Waals surface area contributed by atoms with E-state index in [1.165, 1.54) is 6.07 Å². The minimum Gasteiger partial charge on any atom is -0.497 e. The summed E-state index contributed by atoms with van der Waals surface area (Å²) in [5, 5.41) is 28.2. The van der Waals surface area contributed by atoms with Crippen LogP contribution >= 0.6 is 0 Å². The lowest BCUT2D eigenvalue weighted by Crippen LogP contribution is -2.48. The van der Waals surface area contributed by atoms with Gasteiger partial charge in [0.2, 0.25) is 0 Å². The molecule has 2 atom stereocenters. The highest BCUT2D eigenvalue weighted by Crippen LogP contribution is 2.14. The number of hydrogen-bond donors (Lipinski definition) is 5. The topological polar surface area (TPSA) is 120 Å². The van der Waals surface area contributed by atoms with Gasteiger partial charge < -0.3 is 25.6 Å². The number of carbonyl (C=O) groups excluding carboxylic acids is 1. The third-order valence-electron chi connectivity index (χ3n) is 5.27. The van der Waals surface area contributed by atoms with E-state index in [2.05, 4.69) is 16.0 Å². The first kappa shape index (κ1) is 24.8. The van der Waals surface area contributed by atoms with Gasteiger partial charge in [-0.2, -0.15) is 0 Å². The molecule has 0 aliphatic rings. The molecule has 178 valence electrons. The molecule has 8 heteroatoms. The fraction of sp³-hybridized carbons (Fsp3) is 0.231. The maximum Gasteiger partial charge on any atom is 0.409 e. The molecule has 0 heterocycles. The second kappa shape index (κ2) is 12.4. The number of rotatable bonds is 11. The van der Waals surface area contributed by atoms with Crippen molar-refractivity contribution in [2.24, 2.45) is 0 Å². The van der Waals surface area contributed by atoms with Crippen molar-refractivity contribution >= 4 is 17.7 Å². The fourth-order valence-electron chi connectivity index (χ4n) is 3.55. The highest BCUT2D eigenvalue weighted by molar-refractivity contribution is 5.96. The van der Waals surface area contributed by atoms with Crippen molar-refractivity contribution in [3.8, 4) is 5.75 Å². The lowest BCUT2D eigenvalue weighted by atomic mass is 10.00. The lowest BCUT2D eigenvalue weighted by Gasteiger charge is -2.25. The number of aliphatic hydroxyl groups is 1. The van der Waals surface area contributed by atoms with Crippen LogP contribution in [-0.4, -0.2) is 48.0 Å². The van der Waals surface area contributed by atoms with E-state index in [0.717, 1.165) is 16.9 Å². The minimum absolute atomic E-state index is 0.260.